The quantitative estimate of drug-likeness (QED) is 0.862. The van der Waals surface area contributed by atoms with Gasteiger partial charge in [-0.05, 0) is 30.3 Å². The first-order valence-corrected chi connectivity index (χ1v) is 6.59. The highest BCUT2D eigenvalue weighted by molar-refractivity contribution is 9.10. The van der Waals surface area contributed by atoms with Crippen molar-refractivity contribution < 1.29 is 9.53 Å². The number of hydrogen-bond acceptors (Lipinski definition) is 2. The van der Waals surface area contributed by atoms with E-state index in [2.05, 4.69) is 15.9 Å². The van der Waals surface area contributed by atoms with Crippen molar-refractivity contribution in [2.24, 2.45) is 0 Å². The third-order valence-corrected chi connectivity index (χ3v) is 3.33. The lowest BCUT2D eigenvalue weighted by molar-refractivity contribution is 0.0990. The van der Waals surface area contributed by atoms with Gasteiger partial charge in [0.05, 0.1) is 12.7 Å². The smallest absolute Gasteiger partial charge is 0.261 e. The van der Waals surface area contributed by atoms with Gasteiger partial charge < -0.3 is 9.64 Å². The van der Waals surface area contributed by atoms with Crippen LogP contribution in [0.1, 0.15) is 10.4 Å². The molecule has 0 atom stereocenters. The first-order chi connectivity index (χ1) is 9.13. The Morgan fingerprint density at radius 3 is 2.47 bits per heavy atom. The number of halogens is 1. The topological polar surface area (TPSA) is 29.5 Å². The molecule has 4 heteroatoms. The van der Waals surface area contributed by atoms with Crippen LogP contribution in [0.3, 0.4) is 0 Å². The van der Waals surface area contributed by atoms with Crippen molar-refractivity contribution in [3.8, 4) is 5.75 Å². The number of hydrogen-bond donors (Lipinski definition) is 0. The van der Waals surface area contributed by atoms with E-state index in [-0.39, 0.29) is 5.91 Å². The molecular formula is C15H14BrNO2. The lowest BCUT2D eigenvalue weighted by Crippen LogP contribution is -2.26. The van der Waals surface area contributed by atoms with Gasteiger partial charge in [-0.25, -0.2) is 0 Å². The summed E-state index contributed by atoms with van der Waals surface area (Å²) in [7, 11) is 3.31. The predicted molar refractivity (Wildman–Crippen MR) is 79.9 cm³/mol. The molecule has 0 radical (unpaired) electrons. The summed E-state index contributed by atoms with van der Waals surface area (Å²) in [5.41, 5.74) is 1.37. The molecule has 0 unspecified atom stereocenters. The number of carbonyl (C=O) groups is 1. The molecule has 98 valence electrons. The Balaban J connectivity index is 2.37. The van der Waals surface area contributed by atoms with E-state index in [9.17, 15) is 4.79 Å². The fourth-order valence-electron chi connectivity index (χ4n) is 1.80. The maximum Gasteiger partial charge on any atom is 0.261 e. The van der Waals surface area contributed by atoms with Crippen molar-refractivity contribution in [1.82, 2.24) is 0 Å². The second-order valence-corrected chi connectivity index (χ2v) is 4.96. The molecule has 2 aromatic carbocycles. The van der Waals surface area contributed by atoms with E-state index in [4.69, 9.17) is 4.74 Å². The highest BCUT2D eigenvalue weighted by Gasteiger charge is 2.18. The fourth-order valence-corrected chi connectivity index (χ4v) is 2.16. The molecule has 2 rings (SSSR count). The summed E-state index contributed by atoms with van der Waals surface area (Å²) in [4.78, 5) is 14.1. The Kier molecular flexibility index (Phi) is 4.22. The van der Waals surface area contributed by atoms with Crippen molar-refractivity contribution in [1.29, 1.82) is 0 Å². The molecule has 0 saturated heterocycles. The number of rotatable bonds is 3. The molecule has 0 aliphatic rings. The van der Waals surface area contributed by atoms with Crippen molar-refractivity contribution >= 4 is 27.5 Å². The Hall–Kier alpha value is -1.81. The summed E-state index contributed by atoms with van der Waals surface area (Å²) in [5, 5.41) is 0. The van der Waals surface area contributed by atoms with Crippen LogP contribution < -0.4 is 9.64 Å². The molecule has 1 amide bonds. The van der Waals surface area contributed by atoms with Crippen LogP contribution in [0.4, 0.5) is 5.69 Å². The molecule has 2 aromatic rings. The van der Waals surface area contributed by atoms with Gasteiger partial charge in [-0.2, -0.15) is 0 Å². The average Bonchev–Trinajstić information content (AvgIpc) is 2.46. The highest BCUT2D eigenvalue weighted by atomic mass is 79.9. The summed E-state index contributed by atoms with van der Waals surface area (Å²) in [6.07, 6.45) is 0. The molecule has 0 N–H and O–H groups in total. The summed E-state index contributed by atoms with van der Waals surface area (Å²) in [5.74, 6) is 0.459. The van der Waals surface area contributed by atoms with Gasteiger partial charge in [-0.1, -0.05) is 34.1 Å². The van der Waals surface area contributed by atoms with E-state index in [0.717, 1.165) is 10.2 Å². The van der Waals surface area contributed by atoms with Gasteiger partial charge in [-0.3, -0.25) is 4.79 Å². The molecule has 0 aromatic heterocycles. The van der Waals surface area contributed by atoms with Crippen LogP contribution in [0.5, 0.6) is 5.75 Å². The number of ether oxygens (including phenoxy) is 1. The first-order valence-electron chi connectivity index (χ1n) is 5.80. The number of carbonyl (C=O) groups excluding carboxylic acids is 1. The van der Waals surface area contributed by atoms with Crippen LogP contribution >= 0.6 is 15.9 Å². The maximum absolute atomic E-state index is 12.5. The third-order valence-electron chi connectivity index (χ3n) is 2.84. The normalized spacial score (nSPS) is 10.1. The minimum atomic E-state index is -0.107. The van der Waals surface area contributed by atoms with Crippen LogP contribution in [0.2, 0.25) is 0 Å². The fraction of sp³-hybridized carbons (Fsp3) is 0.133. The number of para-hydroxylation sites is 1. The largest absolute Gasteiger partial charge is 0.496 e. The van der Waals surface area contributed by atoms with E-state index in [1.807, 2.05) is 36.4 Å². The summed E-state index contributed by atoms with van der Waals surface area (Å²) in [6.45, 7) is 0. The number of anilines is 1. The van der Waals surface area contributed by atoms with E-state index in [1.165, 1.54) is 0 Å². The van der Waals surface area contributed by atoms with Crippen molar-refractivity contribution in [3.63, 3.8) is 0 Å². The number of amides is 1. The molecule has 0 bridgehead atoms. The van der Waals surface area contributed by atoms with Gasteiger partial charge in [0, 0.05) is 17.2 Å². The molecule has 0 heterocycles. The highest BCUT2D eigenvalue weighted by Crippen LogP contribution is 2.25. The minimum Gasteiger partial charge on any atom is -0.496 e. The second-order valence-electron chi connectivity index (χ2n) is 4.04. The van der Waals surface area contributed by atoms with Crippen LogP contribution in [0, 0.1) is 0 Å². The van der Waals surface area contributed by atoms with E-state index < -0.39 is 0 Å². The Morgan fingerprint density at radius 2 is 1.84 bits per heavy atom. The summed E-state index contributed by atoms with van der Waals surface area (Å²) >= 11 is 3.37. The van der Waals surface area contributed by atoms with Gasteiger partial charge in [0.1, 0.15) is 5.75 Å². The summed E-state index contributed by atoms with van der Waals surface area (Å²) in [6, 6.07) is 14.9. The Morgan fingerprint density at radius 1 is 1.16 bits per heavy atom. The maximum atomic E-state index is 12.5. The Bertz CT molecular complexity index is 584. The number of benzene rings is 2. The van der Waals surface area contributed by atoms with Crippen molar-refractivity contribution in [2.45, 2.75) is 0 Å². The predicted octanol–water partition coefficient (Wildman–Crippen LogP) is 3.73. The molecule has 0 saturated carbocycles. The molecule has 0 fully saturated rings. The zero-order valence-electron chi connectivity index (χ0n) is 10.8. The van der Waals surface area contributed by atoms with Gasteiger partial charge in [0.15, 0.2) is 0 Å². The van der Waals surface area contributed by atoms with E-state index in [1.54, 1.807) is 31.2 Å². The molecule has 0 aliphatic carbocycles. The first kappa shape index (κ1) is 13.6. The van der Waals surface area contributed by atoms with Crippen LogP contribution in [-0.4, -0.2) is 20.1 Å². The van der Waals surface area contributed by atoms with Crippen LogP contribution in [-0.2, 0) is 0 Å². The monoisotopic (exact) mass is 319 g/mol. The molecule has 3 nitrogen and oxygen atoms in total. The molecule has 0 spiro atoms. The third kappa shape index (κ3) is 2.96. The molecule has 19 heavy (non-hydrogen) atoms. The zero-order valence-corrected chi connectivity index (χ0v) is 12.3. The van der Waals surface area contributed by atoms with Crippen molar-refractivity contribution in [3.05, 3.63) is 58.6 Å². The Labute approximate surface area is 120 Å². The summed E-state index contributed by atoms with van der Waals surface area (Å²) < 4.78 is 6.08. The zero-order chi connectivity index (χ0) is 13.8. The lowest BCUT2D eigenvalue weighted by atomic mass is 10.1. The number of nitrogens with zero attached hydrogens (tertiary/aromatic N) is 1. The van der Waals surface area contributed by atoms with Gasteiger partial charge in [0.2, 0.25) is 0 Å². The molecular weight excluding hydrogens is 306 g/mol. The number of methoxy groups -OCH3 is 1. The van der Waals surface area contributed by atoms with Gasteiger partial charge >= 0.3 is 0 Å². The van der Waals surface area contributed by atoms with Crippen LogP contribution in [0.25, 0.3) is 0 Å². The van der Waals surface area contributed by atoms with E-state index in [0.29, 0.717) is 11.3 Å². The average molecular weight is 320 g/mol. The second kappa shape index (κ2) is 5.89. The van der Waals surface area contributed by atoms with Gasteiger partial charge in [-0.15, -0.1) is 0 Å². The standard InChI is InChI=1S/C15H14BrNO2/c1-17(12-6-4-3-5-7-12)15(18)13-10-11(16)8-9-14(13)19-2/h3-10H,1-2H3. The SMILES string of the molecule is COc1ccc(Br)cc1C(=O)N(C)c1ccccc1. The lowest BCUT2D eigenvalue weighted by Gasteiger charge is -2.18. The van der Waals surface area contributed by atoms with E-state index >= 15 is 0 Å². The minimum absolute atomic E-state index is 0.107. The van der Waals surface area contributed by atoms with Gasteiger partial charge in [0.25, 0.3) is 5.91 Å². The van der Waals surface area contributed by atoms with Crippen LogP contribution in [0.15, 0.2) is 53.0 Å². The van der Waals surface area contributed by atoms with Crippen molar-refractivity contribution in [2.75, 3.05) is 19.1 Å². The molecule has 0 aliphatic heterocycles.